The van der Waals surface area contributed by atoms with Crippen molar-refractivity contribution in [3.05, 3.63) is 12.7 Å². The summed E-state index contributed by atoms with van der Waals surface area (Å²) < 4.78 is 1.50. The Morgan fingerprint density at radius 2 is 2.15 bits per heavy atom. The first kappa shape index (κ1) is 13.0. The van der Waals surface area contributed by atoms with Crippen LogP contribution >= 0.6 is 0 Å². The molecular formula is C12H18N6O2. The number of nitrogens with zero attached hydrogens (tertiary/aromatic N) is 6. The fourth-order valence-electron chi connectivity index (χ4n) is 2.74. The van der Waals surface area contributed by atoms with Gasteiger partial charge in [-0.15, -0.1) is 0 Å². The van der Waals surface area contributed by atoms with Gasteiger partial charge in [0.05, 0.1) is 0 Å². The van der Waals surface area contributed by atoms with Gasteiger partial charge in [0.1, 0.15) is 25.2 Å². The second-order valence-electron chi connectivity index (χ2n) is 5.24. The van der Waals surface area contributed by atoms with Gasteiger partial charge in [-0.25, -0.2) is 9.67 Å². The number of hydrogen-bond acceptors (Lipinski definition) is 5. The smallest absolute Gasteiger partial charge is 0.244 e. The zero-order valence-electron chi connectivity index (χ0n) is 11.5. The molecule has 0 radical (unpaired) electrons. The predicted molar refractivity (Wildman–Crippen MR) is 69.6 cm³/mol. The highest BCUT2D eigenvalue weighted by Crippen LogP contribution is 2.16. The Bertz CT molecular complexity index is 502. The van der Waals surface area contributed by atoms with Crippen LogP contribution in [0.2, 0.25) is 0 Å². The molecule has 0 aliphatic carbocycles. The van der Waals surface area contributed by atoms with E-state index in [2.05, 4.69) is 15.0 Å². The minimum atomic E-state index is -0.192. The van der Waals surface area contributed by atoms with Crippen molar-refractivity contribution in [1.29, 1.82) is 0 Å². The first-order valence-electron chi connectivity index (χ1n) is 6.74. The average Bonchev–Trinajstić information content (AvgIpc) is 2.95. The normalized spacial score (nSPS) is 23.9. The maximum Gasteiger partial charge on any atom is 0.244 e. The van der Waals surface area contributed by atoms with E-state index < -0.39 is 0 Å². The Morgan fingerprint density at radius 1 is 1.35 bits per heavy atom. The number of hydrogen-bond donors (Lipinski definition) is 0. The summed E-state index contributed by atoms with van der Waals surface area (Å²) in [5.74, 6) is 0.0886. The average molecular weight is 278 g/mol. The van der Waals surface area contributed by atoms with Crippen molar-refractivity contribution < 1.29 is 9.59 Å². The summed E-state index contributed by atoms with van der Waals surface area (Å²) >= 11 is 0. The van der Waals surface area contributed by atoms with E-state index in [1.165, 1.54) is 17.3 Å². The molecule has 8 heteroatoms. The van der Waals surface area contributed by atoms with Crippen LogP contribution in [0.1, 0.15) is 0 Å². The zero-order valence-corrected chi connectivity index (χ0v) is 11.5. The van der Waals surface area contributed by atoms with Gasteiger partial charge in [-0.1, -0.05) is 0 Å². The van der Waals surface area contributed by atoms with E-state index in [-0.39, 0.29) is 24.4 Å². The second kappa shape index (κ2) is 5.20. The van der Waals surface area contributed by atoms with E-state index in [0.717, 1.165) is 19.6 Å². The van der Waals surface area contributed by atoms with Crippen molar-refractivity contribution in [2.45, 2.75) is 12.6 Å². The molecule has 2 amide bonds. The van der Waals surface area contributed by atoms with Crippen LogP contribution in [0, 0.1) is 0 Å². The Hall–Kier alpha value is -1.96. The molecule has 108 valence electrons. The maximum absolute atomic E-state index is 12.2. The van der Waals surface area contributed by atoms with Crippen molar-refractivity contribution in [1.82, 2.24) is 29.5 Å². The molecule has 1 aromatic rings. The van der Waals surface area contributed by atoms with Crippen LogP contribution in [0.25, 0.3) is 0 Å². The highest BCUT2D eigenvalue weighted by atomic mass is 16.2. The van der Waals surface area contributed by atoms with Gasteiger partial charge >= 0.3 is 0 Å². The molecule has 0 spiro atoms. The highest BCUT2D eigenvalue weighted by molar-refractivity contribution is 5.84. The molecule has 0 saturated carbocycles. The van der Waals surface area contributed by atoms with E-state index in [0.29, 0.717) is 13.1 Å². The van der Waals surface area contributed by atoms with Gasteiger partial charge in [-0.3, -0.25) is 14.5 Å². The van der Waals surface area contributed by atoms with Crippen LogP contribution in [0.15, 0.2) is 12.7 Å². The van der Waals surface area contributed by atoms with Gasteiger partial charge in [-0.05, 0) is 0 Å². The summed E-state index contributed by atoms with van der Waals surface area (Å²) in [5, 5.41) is 3.93. The fourth-order valence-corrected chi connectivity index (χ4v) is 2.74. The standard InChI is InChI=1S/C12H18N6O2/c1-15-2-3-16-4-5-17(6-10(16)12(15)20)11(19)7-18-9-13-8-14-18/h8-10H,2-7H2,1H3. The Morgan fingerprint density at radius 3 is 2.90 bits per heavy atom. The van der Waals surface area contributed by atoms with E-state index in [1.807, 2.05) is 7.05 Å². The lowest BCUT2D eigenvalue weighted by Gasteiger charge is -2.45. The number of amides is 2. The van der Waals surface area contributed by atoms with Crippen LogP contribution in [-0.4, -0.2) is 87.1 Å². The molecule has 2 saturated heterocycles. The van der Waals surface area contributed by atoms with Crippen LogP contribution in [-0.2, 0) is 16.1 Å². The lowest BCUT2D eigenvalue weighted by Crippen LogP contribution is -2.64. The Balaban J connectivity index is 1.64. The lowest BCUT2D eigenvalue weighted by molar-refractivity contribution is -0.147. The first-order chi connectivity index (χ1) is 9.65. The highest BCUT2D eigenvalue weighted by Gasteiger charge is 2.38. The predicted octanol–water partition coefficient (Wildman–Crippen LogP) is -1.74. The summed E-state index contributed by atoms with van der Waals surface area (Å²) in [4.78, 5) is 33.9. The van der Waals surface area contributed by atoms with Gasteiger partial charge in [0, 0.05) is 39.8 Å². The van der Waals surface area contributed by atoms with Crippen molar-refractivity contribution in [2.24, 2.45) is 0 Å². The third-order valence-electron chi connectivity index (χ3n) is 3.99. The molecule has 2 aliphatic rings. The van der Waals surface area contributed by atoms with E-state index in [4.69, 9.17) is 0 Å². The molecule has 8 nitrogen and oxygen atoms in total. The summed E-state index contributed by atoms with van der Waals surface area (Å²) in [6, 6.07) is -0.192. The van der Waals surface area contributed by atoms with Crippen molar-refractivity contribution in [3.63, 3.8) is 0 Å². The van der Waals surface area contributed by atoms with Gasteiger partial charge in [-0.2, -0.15) is 5.10 Å². The molecule has 3 rings (SSSR count). The molecule has 3 heterocycles. The third-order valence-corrected chi connectivity index (χ3v) is 3.99. The van der Waals surface area contributed by atoms with Crippen LogP contribution in [0.5, 0.6) is 0 Å². The second-order valence-corrected chi connectivity index (χ2v) is 5.24. The Labute approximate surface area is 116 Å². The van der Waals surface area contributed by atoms with Crippen LogP contribution < -0.4 is 0 Å². The summed E-state index contributed by atoms with van der Waals surface area (Å²) in [6.07, 6.45) is 2.93. The Kier molecular flexibility index (Phi) is 3.39. The third kappa shape index (κ3) is 2.38. The summed E-state index contributed by atoms with van der Waals surface area (Å²) in [6.45, 7) is 3.72. The first-order valence-corrected chi connectivity index (χ1v) is 6.74. The zero-order chi connectivity index (χ0) is 14.1. The number of aromatic nitrogens is 3. The largest absolute Gasteiger partial charge is 0.343 e. The SMILES string of the molecule is CN1CCN2CCN(C(=O)Cn3cncn3)CC2C1=O. The number of rotatable bonds is 2. The van der Waals surface area contributed by atoms with Gasteiger partial charge < -0.3 is 9.80 Å². The molecule has 0 N–H and O–H groups in total. The summed E-state index contributed by atoms with van der Waals surface area (Å²) in [5.41, 5.74) is 0. The van der Waals surface area contributed by atoms with E-state index >= 15 is 0 Å². The van der Waals surface area contributed by atoms with Gasteiger partial charge in [0.2, 0.25) is 11.8 Å². The van der Waals surface area contributed by atoms with Crippen molar-refractivity contribution in [2.75, 3.05) is 39.8 Å². The number of carbonyl (C=O) groups is 2. The number of likely N-dealkylation sites (N-methyl/N-ethyl adjacent to an activating group) is 1. The molecule has 1 atom stereocenters. The number of fused-ring (bicyclic) bond motifs is 1. The minimum absolute atomic E-state index is 0.0174. The molecule has 1 unspecified atom stereocenters. The molecule has 20 heavy (non-hydrogen) atoms. The van der Waals surface area contributed by atoms with E-state index in [1.54, 1.807) is 9.80 Å². The summed E-state index contributed by atoms with van der Waals surface area (Å²) in [7, 11) is 1.82. The number of carbonyl (C=O) groups excluding carboxylic acids is 2. The molecule has 2 fully saturated rings. The van der Waals surface area contributed by atoms with Gasteiger partial charge in [0.15, 0.2) is 0 Å². The van der Waals surface area contributed by atoms with Crippen molar-refractivity contribution >= 4 is 11.8 Å². The number of piperazine rings is 2. The molecule has 2 aliphatic heterocycles. The molecule has 0 bridgehead atoms. The van der Waals surface area contributed by atoms with Crippen LogP contribution in [0.4, 0.5) is 0 Å². The molecule has 1 aromatic heterocycles. The van der Waals surface area contributed by atoms with Crippen molar-refractivity contribution in [3.8, 4) is 0 Å². The maximum atomic E-state index is 12.2. The lowest BCUT2D eigenvalue weighted by atomic mass is 10.1. The van der Waals surface area contributed by atoms with Crippen LogP contribution in [0.3, 0.4) is 0 Å². The van der Waals surface area contributed by atoms with Gasteiger partial charge in [0.25, 0.3) is 0 Å². The molecular weight excluding hydrogens is 260 g/mol. The quantitative estimate of drug-likeness (QED) is 0.642. The topological polar surface area (TPSA) is 74.6 Å². The molecule has 0 aromatic carbocycles. The monoisotopic (exact) mass is 278 g/mol. The minimum Gasteiger partial charge on any atom is -0.343 e. The fraction of sp³-hybridized carbons (Fsp3) is 0.667. The van der Waals surface area contributed by atoms with E-state index in [9.17, 15) is 9.59 Å².